The van der Waals surface area contributed by atoms with Crippen molar-refractivity contribution < 1.29 is 33.3 Å². The van der Waals surface area contributed by atoms with Crippen LogP contribution in [0.4, 0.5) is 5.69 Å². The van der Waals surface area contributed by atoms with Gasteiger partial charge >= 0.3 is 11.8 Å². The average Bonchev–Trinajstić information content (AvgIpc) is 2.96. The van der Waals surface area contributed by atoms with E-state index in [0.29, 0.717) is 40.7 Å². The van der Waals surface area contributed by atoms with Gasteiger partial charge in [-0.05, 0) is 78.2 Å². The summed E-state index contributed by atoms with van der Waals surface area (Å²) in [4.78, 5) is 36.1. The molecule has 0 saturated carbocycles. The number of benzene rings is 3. The third kappa shape index (κ3) is 9.08. The summed E-state index contributed by atoms with van der Waals surface area (Å²) in [5, 5.41) is 9.08. The van der Waals surface area contributed by atoms with Crippen molar-refractivity contribution in [2.45, 2.75) is 6.42 Å². The van der Waals surface area contributed by atoms with Gasteiger partial charge in [-0.15, -0.1) is 0 Å². The fourth-order valence-corrected chi connectivity index (χ4v) is 3.32. The van der Waals surface area contributed by atoms with Gasteiger partial charge in [0.15, 0.2) is 18.1 Å². The van der Waals surface area contributed by atoms with E-state index in [1.807, 2.05) is 12.1 Å². The highest BCUT2D eigenvalue weighted by atomic mass is 16.5. The fourth-order valence-electron chi connectivity index (χ4n) is 3.32. The summed E-state index contributed by atoms with van der Waals surface area (Å²) < 4.78 is 21.0. The van der Waals surface area contributed by atoms with Crippen molar-refractivity contribution in [3.8, 4) is 23.0 Å². The number of ether oxygens (including phenoxy) is 4. The van der Waals surface area contributed by atoms with Crippen LogP contribution in [0.15, 0.2) is 71.8 Å². The van der Waals surface area contributed by atoms with Crippen molar-refractivity contribution in [3.63, 3.8) is 0 Å². The molecule has 3 aromatic carbocycles. The van der Waals surface area contributed by atoms with Crippen LogP contribution in [0.3, 0.4) is 0 Å². The van der Waals surface area contributed by atoms with Crippen molar-refractivity contribution in [3.05, 3.63) is 77.9 Å². The van der Waals surface area contributed by atoms with Gasteiger partial charge < -0.3 is 29.6 Å². The lowest BCUT2D eigenvalue weighted by atomic mass is 10.1. The lowest BCUT2D eigenvalue weighted by molar-refractivity contribution is -0.139. The normalized spacial score (nSPS) is 10.4. The zero-order valence-electron chi connectivity index (χ0n) is 21.9. The average molecular weight is 535 g/mol. The molecule has 0 unspecified atom stereocenters. The number of rotatable bonds is 12. The van der Waals surface area contributed by atoms with Crippen LogP contribution in [0.1, 0.15) is 11.1 Å². The first-order chi connectivity index (χ1) is 18.9. The van der Waals surface area contributed by atoms with E-state index in [0.717, 1.165) is 5.56 Å². The summed E-state index contributed by atoms with van der Waals surface area (Å²) in [5.74, 6) is 0.371. The molecule has 11 heteroatoms. The van der Waals surface area contributed by atoms with Crippen LogP contribution in [-0.4, -0.2) is 58.4 Å². The summed E-state index contributed by atoms with van der Waals surface area (Å²) in [6, 6.07) is 19.1. The Labute approximate surface area is 226 Å². The van der Waals surface area contributed by atoms with Gasteiger partial charge in [0.1, 0.15) is 11.5 Å². The van der Waals surface area contributed by atoms with Crippen LogP contribution in [0.25, 0.3) is 0 Å². The third-order valence-corrected chi connectivity index (χ3v) is 5.36. The molecule has 0 bridgehead atoms. The van der Waals surface area contributed by atoms with Crippen molar-refractivity contribution in [1.82, 2.24) is 10.7 Å². The Morgan fingerprint density at radius 3 is 2.15 bits per heavy atom. The van der Waals surface area contributed by atoms with Crippen molar-refractivity contribution in [2.24, 2.45) is 5.10 Å². The number of hydrogen-bond acceptors (Lipinski definition) is 8. The molecule has 0 radical (unpaired) electrons. The first-order valence-corrected chi connectivity index (χ1v) is 11.9. The maximum Gasteiger partial charge on any atom is 0.329 e. The maximum atomic E-state index is 12.1. The Morgan fingerprint density at radius 1 is 0.795 bits per heavy atom. The maximum absolute atomic E-state index is 12.1. The molecule has 0 aliphatic heterocycles. The Hall–Kier alpha value is -5.06. The van der Waals surface area contributed by atoms with Gasteiger partial charge in [0, 0.05) is 12.2 Å². The highest BCUT2D eigenvalue weighted by molar-refractivity contribution is 6.35. The molecule has 11 nitrogen and oxygen atoms in total. The van der Waals surface area contributed by atoms with Gasteiger partial charge in [0.2, 0.25) is 0 Å². The molecule has 39 heavy (non-hydrogen) atoms. The van der Waals surface area contributed by atoms with E-state index < -0.39 is 11.8 Å². The number of hydrazone groups is 1. The highest BCUT2D eigenvalue weighted by Gasteiger charge is 2.12. The number of hydrogen-bond donors (Lipinski definition) is 3. The van der Waals surface area contributed by atoms with E-state index in [4.69, 9.17) is 18.9 Å². The third-order valence-electron chi connectivity index (χ3n) is 5.36. The summed E-state index contributed by atoms with van der Waals surface area (Å²) in [6.07, 6.45) is 1.88. The Balaban J connectivity index is 1.37. The Kier molecular flexibility index (Phi) is 10.7. The number of nitrogens with one attached hydrogen (secondary N) is 3. The van der Waals surface area contributed by atoms with E-state index in [9.17, 15) is 14.4 Å². The molecule has 0 atom stereocenters. The number of carbonyl (C=O) groups is 3. The molecule has 0 spiro atoms. The van der Waals surface area contributed by atoms with Crippen LogP contribution in [-0.2, 0) is 20.8 Å². The van der Waals surface area contributed by atoms with Crippen LogP contribution in [0.2, 0.25) is 0 Å². The monoisotopic (exact) mass is 534 g/mol. The van der Waals surface area contributed by atoms with E-state index in [2.05, 4.69) is 21.2 Å². The lowest BCUT2D eigenvalue weighted by Crippen LogP contribution is -2.38. The molecule has 204 valence electrons. The minimum absolute atomic E-state index is 0.170. The largest absolute Gasteiger partial charge is 0.497 e. The first kappa shape index (κ1) is 28.5. The predicted octanol–water partition coefficient (Wildman–Crippen LogP) is 2.54. The topological polar surface area (TPSA) is 137 Å². The van der Waals surface area contributed by atoms with Crippen LogP contribution < -0.4 is 35.0 Å². The van der Waals surface area contributed by atoms with Crippen LogP contribution >= 0.6 is 0 Å². The van der Waals surface area contributed by atoms with Crippen LogP contribution in [0, 0.1) is 0 Å². The van der Waals surface area contributed by atoms with E-state index >= 15 is 0 Å². The van der Waals surface area contributed by atoms with Crippen molar-refractivity contribution >= 4 is 29.6 Å². The number of anilines is 1. The number of nitrogens with zero attached hydrogens (tertiary/aromatic N) is 1. The molecule has 3 N–H and O–H groups in total. The zero-order chi connectivity index (χ0) is 28.0. The smallest absolute Gasteiger partial charge is 0.329 e. The summed E-state index contributed by atoms with van der Waals surface area (Å²) in [7, 11) is 4.67. The van der Waals surface area contributed by atoms with Gasteiger partial charge in [0.25, 0.3) is 5.91 Å². The SMILES string of the molecule is COc1ccc(NC(=O)COc2ccc(/C=N\NC(=O)C(=O)NCCc3ccc(OC)c(OC)c3)cc2)cc1. The molecule has 3 amide bonds. The molecular weight excluding hydrogens is 504 g/mol. The summed E-state index contributed by atoms with van der Waals surface area (Å²) in [6.45, 7) is 0.0850. The molecule has 3 rings (SSSR count). The molecule has 0 fully saturated rings. The molecule has 0 heterocycles. The van der Waals surface area contributed by atoms with Gasteiger partial charge in [-0.2, -0.15) is 5.10 Å². The Morgan fingerprint density at radius 2 is 1.49 bits per heavy atom. The van der Waals surface area contributed by atoms with Crippen molar-refractivity contribution in [2.75, 3.05) is 39.8 Å². The predicted molar refractivity (Wildman–Crippen MR) is 146 cm³/mol. The van der Waals surface area contributed by atoms with E-state index in [1.54, 1.807) is 75.9 Å². The van der Waals surface area contributed by atoms with E-state index in [1.165, 1.54) is 6.21 Å². The van der Waals surface area contributed by atoms with Gasteiger partial charge in [-0.25, -0.2) is 5.43 Å². The number of methoxy groups -OCH3 is 3. The molecule has 0 saturated heterocycles. The van der Waals surface area contributed by atoms with Crippen LogP contribution in [0.5, 0.6) is 23.0 Å². The Bertz CT molecular complexity index is 1290. The molecule has 0 aliphatic carbocycles. The number of carbonyl (C=O) groups excluding carboxylic acids is 3. The minimum Gasteiger partial charge on any atom is -0.497 e. The second-order valence-electron chi connectivity index (χ2n) is 8.03. The number of amides is 3. The zero-order valence-corrected chi connectivity index (χ0v) is 21.9. The van der Waals surface area contributed by atoms with Crippen molar-refractivity contribution in [1.29, 1.82) is 0 Å². The second kappa shape index (κ2) is 14.6. The van der Waals surface area contributed by atoms with E-state index in [-0.39, 0.29) is 19.1 Å². The standard InChI is InChI=1S/C28H30N4O7/c1-36-22-11-7-21(8-12-22)31-26(33)18-39-23-9-4-20(5-10-23)17-30-32-28(35)27(34)29-15-14-19-6-13-24(37-2)25(16-19)38-3/h4-13,16-17H,14-15,18H2,1-3H3,(H,29,34)(H,31,33)(H,32,35)/b30-17-. The fraction of sp³-hybridized carbons (Fsp3) is 0.214. The highest BCUT2D eigenvalue weighted by Crippen LogP contribution is 2.27. The first-order valence-electron chi connectivity index (χ1n) is 11.9. The summed E-state index contributed by atoms with van der Waals surface area (Å²) >= 11 is 0. The summed E-state index contributed by atoms with van der Waals surface area (Å²) in [5.41, 5.74) is 4.38. The van der Waals surface area contributed by atoms with Gasteiger partial charge in [-0.1, -0.05) is 6.07 Å². The molecule has 0 aliphatic rings. The lowest BCUT2D eigenvalue weighted by Gasteiger charge is -2.10. The second-order valence-corrected chi connectivity index (χ2v) is 8.03. The molecule has 0 aromatic heterocycles. The molecule has 3 aromatic rings. The molecular formula is C28H30N4O7. The van der Waals surface area contributed by atoms with Gasteiger partial charge in [0.05, 0.1) is 27.5 Å². The van der Waals surface area contributed by atoms with Gasteiger partial charge in [-0.3, -0.25) is 14.4 Å². The minimum atomic E-state index is -0.888. The quantitative estimate of drug-likeness (QED) is 0.185.